The molecule has 0 amide bonds. The predicted octanol–water partition coefficient (Wildman–Crippen LogP) is 6.33. The summed E-state index contributed by atoms with van der Waals surface area (Å²) in [5.41, 5.74) is 3.20. The molecule has 5 heteroatoms. The van der Waals surface area contributed by atoms with Crippen LogP contribution in [0.2, 0.25) is 0 Å². The largest absolute Gasteiger partial charge is 0.306 e. The van der Waals surface area contributed by atoms with E-state index in [1.807, 2.05) is 12.4 Å². The summed E-state index contributed by atoms with van der Waals surface area (Å²) in [5.74, 6) is 0. The number of hydrogen-bond donors (Lipinski definition) is 0. The molecule has 2 aromatic heterocycles. The minimum atomic E-state index is -2.81. The van der Waals surface area contributed by atoms with E-state index in [9.17, 15) is 0 Å². The van der Waals surface area contributed by atoms with Gasteiger partial charge in [0.1, 0.15) is 6.33 Å². The SMILES string of the molecule is c1ccc([Si](c2ccccc2)(c2ccccc2)c2ccc3c(c2)c2cc([Si](c4ccccc4)(c4ccccc4)c4ccccc4)ccc2n3-c2cncnc2)cc1. The molecule has 0 unspecified atom stereocenters. The van der Waals surface area contributed by atoms with E-state index in [1.54, 1.807) is 6.33 Å². The third kappa shape index (κ3) is 5.62. The van der Waals surface area contributed by atoms with Crippen LogP contribution >= 0.6 is 0 Å². The molecule has 0 atom stereocenters. The molecule has 0 N–H and O–H groups in total. The van der Waals surface area contributed by atoms with Crippen molar-refractivity contribution in [1.29, 1.82) is 0 Å². The van der Waals surface area contributed by atoms with E-state index >= 15 is 0 Å². The van der Waals surface area contributed by atoms with Crippen LogP contribution in [-0.2, 0) is 0 Å². The molecule has 0 aliphatic rings. The summed E-state index contributed by atoms with van der Waals surface area (Å²) in [6, 6.07) is 81.5. The third-order valence-corrected chi connectivity index (χ3v) is 21.2. The van der Waals surface area contributed by atoms with Gasteiger partial charge in [-0.2, -0.15) is 0 Å². The Morgan fingerprint density at radius 2 is 0.579 bits per heavy atom. The lowest BCUT2D eigenvalue weighted by Gasteiger charge is -2.34. The van der Waals surface area contributed by atoms with Crippen LogP contribution in [0.15, 0.2) is 237 Å². The van der Waals surface area contributed by atoms with Gasteiger partial charge in [0.15, 0.2) is 16.1 Å². The minimum absolute atomic E-state index is 0.938. The van der Waals surface area contributed by atoms with Gasteiger partial charge >= 0.3 is 0 Å². The van der Waals surface area contributed by atoms with Crippen molar-refractivity contribution in [3.05, 3.63) is 237 Å². The molecule has 0 fully saturated rings. The van der Waals surface area contributed by atoms with Gasteiger partial charge in [-0.15, -0.1) is 0 Å². The predicted molar refractivity (Wildman–Crippen MR) is 244 cm³/mol. The Morgan fingerprint density at radius 1 is 0.298 bits per heavy atom. The maximum Gasteiger partial charge on any atom is 0.179 e. The van der Waals surface area contributed by atoms with Gasteiger partial charge in [0.25, 0.3) is 0 Å². The summed E-state index contributed by atoms with van der Waals surface area (Å²) in [6.07, 6.45) is 5.44. The summed E-state index contributed by atoms with van der Waals surface area (Å²) in [5, 5.41) is 13.2. The molecule has 0 aliphatic heterocycles. The fourth-order valence-electron chi connectivity index (χ4n) is 9.30. The maximum absolute atomic E-state index is 4.49. The highest BCUT2D eigenvalue weighted by molar-refractivity contribution is 7.20. The number of nitrogens with zero attached hydrogens (tertiary/aromatic N) is 3. The standard InChI is InChI=1S/C52H39N3Si2/c1-7-19-41(20-8-1)56(42-21-9-2-10-22-42,43-23-11-3-12-24-43)47-31-33-51-49(35-47)50-36-48(32-34-52(50)55(51)40-37-53-39-54-38-40)57(44-25-13-4-14-26-44,45-27-15-5-16-28-45)46-29-17-6-18-30-46/h1-39H. The van der Waals surface area contributed by atoms with E-state index in [4.69, 9.17) is 0 Å². The summed E-state index contributed by atoms with van der Waals surface area (Å²) >= 11 is 0. The second kappa shape index (κ2) is 14.6. The Hall–Kier alpha value is -6.93. The van der Waals surface area contributed by atoms with E-state index < -0.39 is 16.1 Å². The van der Waals surface area contributed by atoms with Crippen LogP contribution in [0, 0.1) is 0 Å². The van der Waals surface area contributed by atoms with Crippen LogP contribution in [0.3, 0.4) is 0 Å². The second-order valence-electron chi connectivity index (χ2n) is 14.6. The van der Waals surface area contributed by atoms with Gasteiger partial charge in [0.05, 0.1) is 29.1 Å². The van der Waals surface area contributed by atoms with Crippen molar-refractivity contribution in [1.82, 2.24) is 14.5 Å². The van der Waals surface area contributed by atoms with Crippen molar-refractivity contribution in [2.24, 2.45) is 0 Å². The average molecular weight is 762 g/mol. The van der Waals surface area contributed by atoms with E-state index in [-0.39, 0.29) is 0 Å². The van der Waals surface area contributed by atoms with Crippen molar-refractivity contribution >= 4 is 79.4 Å². The second-order valence-corrected chi connectivity index (χ2v) is 22.2. The monoisotopic (exact) mass is 761 g/mol. The highest BCUT2D eigenvalue weighted by Crippen LogP contribution is 2.32. The number of hydrogen-bond acceptors (Lipinski definition) is 2. The van der Waals surface area contributed by atoms with Gasteiger partial charge in [-0.3, -0.25) is 0 Å². The Kier molecular flexibility index (Phi) is 8.86. The fourth-order valence-corrected chi connectivity index (χ4v) is 18.8. The third-order valence-electron chi connectivity index (χ3n) is 11.7. The van der Waals surface area contributed by atoms with Gasteiger partial charge in [0, 0.05) is 10.8 Å². The van der Waals surface area contributed by atoms with Crippen LogP contribution in [0.5, 0.6) is 0 Å². The van der Waals surface area contributed by atoms with Gasteiger partial charge in [-0.05, 0) is 53.6 Å². The first-order valence-electron chi connectivity index (χ1n) is 19.5. The molecular weight excluding hydrogens is 723 g/mol. The Labute approximate surface area is 335 Å². The summed E-state index contributed by atoms with van der Waals surface area (Å²) < 4.78 is 2.34. The summed E-state index contributed by atoms with van der Waals surface area (Å²) in [6.45, 7) is 0. The van der Waals surface area contributed by atoms with E-state index in [0.29, 0.717) is 0 Å². The number of aromatic nitrogens is 3. The smallest absolute Gasteiger partial charge is 0.179 e. The zero-order valence-corrected chi connectivity index (χ0v) is 33.4. The molecule has 2 heterocycles. The average Bonchev–Trinajstić information content (AvgIpc) is 3.63. The first-order chi connectivity index (χ1) is 28.3. The Morgan fingerprint density at radius 3 is 0.860 bits per heavy atom. The highest BCUT2D eigenvalue weighted by atomic mass is 28.3. The molecule has 8 aromatic carbocycles. The molecule has 10 rings (SSSR count). The van der Waals surface area contributed by atoms with Gasteiger partial charge < -0.3 is 4.57 Å². The van der Waals surface area contributed by atoms with E-state index in [2.05, 4.69) is 233 Å². The van der Waals surface area contributed by atoms with Crippen LogP contribution in [0.4, 0.5) is 0 Å². The van der Waals surface area contributed by atoms with Crippen molar-refractivity contribution in [2.75, 3.05) is 0 Å². The van der Waals surface area contributed by atoms with Gasteiger partial charge in [-0.25, -0.2) is 9.97 Å². The number of rotatable bonds is 9. The van der Waals surface area contributed by atoms with Crippen molar-refractivity contribution in [3.63, 3.8) is 0 Å². The number of fused-ring (bicyclic) bond motifs is 3. The molecule has 270 valence electrons. The first kappa shape index (κ1) is 34.6. The lowest BCUT2D eigenvalue weighted by Crippen LogP contribution is -2.74. The molecular formula is C52H39N3Si2. The maximum atomic E-state index is 4.49. The molecule has 0 bridgehead atoms. The van der Waals surface area contributed by atoms with Crippen molar-refractivity contribution < 1.29 is 0 Å². The van der Waals surface area contributed by atoms with Crippen LogP contribution < -0.4 is 41.5 Å². The first-order valence-corrected chi connectivity index (χ1v) is 23.5. The molecule has 0 saturated heterocycles. The number of benzene rings is 8. The zero-order valence-electron chi connectivity index (χ0n) is 31.4. The lowest BCUT2D eigenvalue weighted by atomic mass is 10.1. The van der Waals surface area contributed by atoms with Crippen molar-refractivity contribution in [2.45, 2.75) is 0 Å². The zero-order chi connectivity index (χ0) is 38.1. The van der Waals surface area contributed by atoms with Gasteiger partial charge in [0.2, 0.25) is 0 Å². The molecule has 0 spiro atoms. The lowest BCUT2D eigenvalue weighted by molar-refractivity contribution is 1.07. The quantitative estimate of drug-likeness (QED) is 0.127. The molecule has 10 aromatic rings. The topological polar surface area (TPSA) is 30.7 Å². The molecule has 57 heavy (non-hydrogen) atoms. The Bertz CT molecular complexity index is 2550. The molecule has 0 aliphatic carbocycles. The highest BCUT2D eigenvalue weighted by Gasteiger charge is 2.43. The summed E-state index contributed by atoms with van der Waals surface area (Å²) in [7, 11) is -5.62. The fraction of sp³-hybridized carbons (Fsp3) is 0. The van der Waals surface area contributed by atoms with E-state index in [0.717, 1.165) is 16.7 Å². The summed E-state index contributed by atoms with van der Waals surface area (Å²) in [4.78, 5) is 8.98. The molecule has 0 saturated carbocycles. The van der Waals surface area contributed by atoms with Crippen LogP contribution in [-0.4, -0.2) is 30.7 Å². The van der Waals surface area contributed by atoms with Crippen molar-refractivity contribution in [3.8, 4) is 5.69 Å². The van der Waals surface area contributed by atoms with Crippen LogP contribution in [0.25, 0.3) is 27.5 Å². The van der Waals surface area contributed by atoms with Crippen LogP contribution in [0.1, 0.15) is 0 Å². The normalized spacial score (nSPS) is 11.9. The van der Waals surface area contributed by atoms with Gasteiger partial charge in [-0.1, -0.05) is 206 Å². The molecule has 3 nitrogen and oxygen atoms in total. The minimum Gasteiger partial charge on any atom is -0.306 e. The van der Waals surface area contributed by atoms with E-state index in [1.165, 1.54) is 52.3 Å². The molecule has 0 radical (unpaired) electrons. The Balaban J connectivity index is 1.34.